The predicted molar refractivity (Wildman–Crippen MR) is 85.4 cm³/mol. The zero-order valence-corrected chi connectivity index (χ0v) is 13.7. The number of furan rings is 1. The molecule has 6 heteroatoms. The standard InChI is InChI=1S/C17H25N3O3/c1-12-2-5-15(23-12)10-20(14-3-4-14)16(21)11-19-8-6-13(7-9-19)17(18)22/h2,5,13-14H,3-4,6-11H2,1H3,(H2,18,22). The van der Waals surface area contributed by atoms with Crippen LogP contribution in [0.4, 0.5) is 0 Å². The average Bonchev–Trinajstić information content (AvgIpc) is 3.27. The maximum Gasteiger partial charge on any atom is 0.237 e. The van der Waals surface area contributed by atoms with Crippen molar-refractivity contribution in [3.05, 3.63) is 23.7 Å². The van der Waals surface area contributed by atoms with Crippen molar-refractivity contribution in [2.75, 3.05) is 19.6 Å². The van der Waals surface area contributed by atoms with E-state index in [2.05, 4.69) is 4.90 Å². The molecule has 126 valence electrons. The van der Waals surface area contributed by atoms with Crippen LogP contribution in [0.1, 0.15) is 37.2 Å². The second-order valence-electron chi connectivity index (χ2n) is 6.72. The van der Waals surface area contributed by atoms with Gasteiger partial charge in [0.2, 0.25) is 11.8 Å². The van der Waals surface area contributed by atoms with Crippen LogP contribution in [0.5, 0.6) is 0 Å². The number of rotatable bonds is 6. The van der Waals surface area contributed by atoms with E-state index >= 15 is 0 Å². The molecule has 1 saturated heterocycles. The number of hydrogen-bond acceptors (Lipinski definition) is 4. The third kappa shape index (κ3) is 4.13. The summed E-state index contributed by atoms with van der Waals surface area (Å²) in [6.45, 7) is 4.40. The Labute approximate surface area is 136 Å². The number of hydrogen-bond donors (Lipinski definition) is 1. The zero-order chi connectivity index (χ0) is 16.4. The largest absolute Gasteiger partial charge is 0.464 e. The maximum atomic E-state index is 12.7. The van der Waals surface area contributed by atoms with Crippen molar-refractivity contribution in [3.8, 4) is 0 Å². The van der Waals surface area contributed by atoms with Crippen LogP contribution in [0.25, 0.3) is 0 Å². The molecule has 0 aromatic carbocycles. The number of amides is 2. The summed E-state index contributed by atoms with van der Waals surface area (Å²) in [6.07, 6.45) is 3.66. The van der Waals surface area contributed by atoms with Gasteiger partial charge in [-0.25, -0.2) is 0 Å². The molecule has 0 spiro atoms. The third-order valence-corrected chi connectivity index (χ3v) is 4.78. The average molecular weight is 319 g/mol. The monoisotopic (exact) mass is 319 g/mol. The van der Waals surface area contributed by atoms with Gasteiger partial charge in [0, 0.05) is 12.0 Å². The molecule has 6 nitrogen and oxygen atoms in total. The van der Waals surface area contributed by atoms with E-state index in [0.717, 1.165) is 50.3 Å². The van der Waals surface area contributed by atoms with Crippen LogP contribution < -0.4 is 5.73 Å². The molecule has 0 radical (unpaired) electrons. The first-order valence-electron chi connectivity index (χ1n) is 8.39. The van der Waals surface area contributed by atoms with Gasteiger partial charge in [-0.3, -0.25) is 14.5 Å². The number of nitrogens with zero attached hydrogens (tertiary/aromatic N) is 2. The van der Waals surface area contributed by atoms with E-state index in [1.807, 2.05) is 24.0 Å². The van der Waals surface area contributed by atoms with Crippen molar-refractivity contribution in [1.82, 2.24) is 9.80 Å². The number of piperidine rings is 1. The number of carbonyl (C=O) groups is 2. The van der Waals surface area contributed by atoms with Gasteiger partial charge < -0.3 is 15.1 Å². The molecule has 1 aromatic heterocycles. The highest BCUT2D eigenvalue weighted by atomic mass is 16.3. The van der Waals surface area contributed by atoms with Crippen LogP contribution >= 0.6 is 0 Å². The summed E-state index contributed by atoms with van der Waals surface area (Å²) in [6, 6.07) is 4.23. The van der Waals surface area contributed by atoms with Crippen LogP contribution in [-0.4, -0.2) is 47.3 Å². The van der Waals surface area contributed by atoms with Crippen LogP contribution in [0, 0.1) is 12.8 Å². The minimum atomic E-state index is -0.219. The minimum Gasteiger partial charge on any atom is -0.464 e. The molecule has 1 saturated carbocycles. The molecule has 1 aliphatic heterocycles. The highest BCUT2D eigenvalue weighted by molar-refractivity contribution is 5.79. The van der Waals surface area contributed by atoms with Crippen LogP contribution in [0.15, 0.2) is 16.5 Å². The predicted octanol–water partition coefficient (Wildman–Crippen LogP) is 1.28. The minimum absolute atomic E-state index is 0.0352. The lowest BCUT2D eigenvalue weighted by molar-refractivity contribution is -0.134. The van der Waals surface area contributed by atoms with Crippen molar-refractivity contribution < 1.29 is 14.0 Å². The van der Waals surface area contributed by atoms with E-state index in [1.165, 1.54) is 0 Å². The van der Waals surface area contributed by atoms with Gasteiger partial charge in [0.25, 0.3) is 0 Å². The topological polar surface area (TPSA) is 79.8 Å². The lowest BCUT2D eigenvalue weighted by atomic mass is 9.96. The number of carbonyl (C=O) groups excluding carboxylic acids is 2. The maximum absolute atomic E-state index is 12.7. The molecule has 23 heavy (non-hydrogen) atoms. The lowest BCUT2D eigenvalue weighted by Crippen LogP contribution is -2.45. The fourth-order valence-corrected chi connectivity index (χ4v) is 3.20. The second-order valence-corrected chi connectivity index (χ2v) is 6.72. The van der Waals surface area contributed by atoms with Crippen molar-refractivity contribution in [2.24, 2.45) is 11.7 Å². The van der Waals surface area contributed by atoms with Crippen molar-refractivity contribution >= 4 is 11.8 Å². The Kier molecular flexibility index (Phi) is 4.71. The van der Waals surface area contributed by atoms with E-state index < -0.39 is 0 Å². The van der Waals surface area contributed by atoms with Gasteiger partial charge in [-0.05, 0) is 57.8 Å². The molecule has 2 aliphatic rings. The summed E-state index contributed by atoms with van der Waals surface area (Å²) in [5.74, 6) is 1.61. The Morgan fingerprint density at radius 1 is 1.26 bits per heavy atom. The van der Waals surface area contributed by atoms with E-state index in [4.69, 9.17) is 10.2 Å². The van der Waals surface area contributed by atoms with Crippen molar-refractivity contribution in [2.45, 2.75) is 45.2 Å². The van der Waals surface area contributed by atoms with Gasteiger partial charge in [0.15, 0.2) is 0 Å². The van der Waals surface area contributed by atoms with Gasteiger partial charge in [0.05, 0.1) is 13.1 Å². The van der Waals surface area contributed by atoms with Crippen LogP contribution in [0.3, 0.4) is 0 Å². The molecule has 0 bridgehead atoms. The first-order chi connectivity index (χ1) is 11.0. The Balaban J connectivity index is 1.54. The second kappa shape index (κ2) is 6.74. The molecule has 2 heterocycles. The highest BCUT2D eigenvalue weighted by Crippen LogP contribution is 2.29. The molecule has 2 fully saturated rings. The summed E-state index contributed by atoms with van der Waals surface area (Å²) in [5.41, 5.74) is 5.35. The van der Waals surface area contributed by atoms with E-state index in [9.17, 15) is 9.59 Å². The van der Waals surface area contributed by atoms with Crippen LogP contribution in [-0.2, 0) is 16.1 Å². The first kappa shape index (κ1) is 16.1. The van der Waals surface area contributed by atoms with Crippen molar-refractivity contribution in [1.29, 1.82) is 0 Å². The number of nitrogens with two attached hydrogens (primary N) is 1. The summed E-state index contributed by atoms with van der Waals surface area (Å²) in [5, 5.41) is 0. The Morgan fingerprint density at radius 2 is 1.96 bits per heavy atom. The van der Waals surface area contributed by atoms with Crippen LogP contribution in [0.2, 0.25) is 0 Å². The molecule has 0 atom stereocenters. The number of likely N-dealkylation sites (tertiary alicyclic amines) is 1. The quantitative estimate of drug-likeness (QED) is 0.856. The Bertz CT molecular complexity index is 571. The third-order valence-electron chi connectivity index (χ3n) is 4.78. The molecule has 1 aromatic rings. The fraction of sp³-hybridized carbons (Fsp3) is 0.647. The molecular weight excluding hydrogens is 294 g/mol. The van der Waals surface area contributed by atoms with Crippen molar-refractivity contribution in [3.63, 3.8) is 0 Å². The van der Waals surface area contributed by atoms with E-state index in [0.29, 0.717) is 19.1 Å². The number of primary amides is 1. The fourth-order valence-electron chi connectivity index (χ4n) is 3.20. The molecule has 0 unspecified atom stereocenters. The van der Waals surface area contributed by atoms with Gasteiger partial charge in [-0.15, -0.1) is 0 Å². The highest BCUT2D eigenvalue weighted by Gasteiger charge is 2.34. The summed E-state index contributed by atoms with van der Waals surface area (Å²) in [4.78, 5) is 28.0. The Hall–Kier alpha value is -1.82. The molecule has 1 aliphatic carbocycles. The molecular formula is C17H25N3O3. The molecule has 3 rings (SSSR count). The normalized spacial score (nSPS) is 19.7. The van der Waals surface area contributed by atoms with Gasteiger partial charge in [0.1, 0.15) is 11.5 Å². The molecule has 2 N–H and O–H groups in total. The summed E-state index contributed by atoms with van der Waals surface area (Å²) < 4.78 is 5.61. The summed E-state index contributed by atoms with van der Waals surface area (Å²) >= 11 is 0. The Morgan fingerprint density at radius 3 is 2.48 bits per heavy atom. The summed E-state index contributed by atoms with van der Waals surface area (Å²) in [7, 11) is 0. The van der Waals surface area contributed by atoms with Gasteiger partial charge in [-0.2, -0.15) is 0 Å². The smallest absolute Gasteiger partial charge is 0.237 e. The van der Waals surface area contributed by atoms with E-state index in [-0.39, 0.29) is 17.7 Å². The SMILES string of the molecule is Cc1ccc(CN(C(=O)CN2CCC(C(N)=O)CC2)C2CC2)o1. The van der Waals surface area contributed by atoms with Gasteiger partial charge in [-0.1, -0.05) is 0 Å². The van der Waals surface area contributed by atoms with E-state index in [1.54, 1.807) is 0 Å². The zero-order valence-electron chi connectivity index (χ0n) is 13.7. The first-order valence-corrected chi connectivity index (χ1v) is 8.39. The lowest BCUT2D eigenvalue weighted by Gasteiger charge is -2.32. The number of aryl methyl sites for hydroxylation is 1. The molecule has 2 amide bonds. The van der Waals surface area contributed by atoms with Gasteiger partial charge >= 0.3 is 0 Å².